The van der Waals surface area contributed by atoms with Crippen LogP contribution in [0.4, 0.5) is 0 Å². The van der Waals surface area contributed by atoms with Gasteiger partial charge in [-0.2, -0.15) is 0 Å². The van der Waals surface area contributed by atoms with Crippen LogP contribution in [0.25, 0.3) is 0 Å². The Morgan fingerprint density at radius 2 is 0.672 bits per heavy atom. The largest absolute Gasteiger partial charge is 0.507 e. The number of aromatic hydroxyl groups is 2. The van der Waals surface area contributed by atoms with Crippen LogP contribution in [-0.4, -0.2) is 22.2 Å². The van der Waals surface area contributed by atoms with Gasteiger partial charge in [-0.3, -0.25) is 9.59 Å². The van der Waals surface area contributed by atoms with Gasteiger partial charge in [0.25, 0.3) is 0 Å². The highest BCUT2D eigenvalue weighted by Gasteiger charge is 2.27. The zero-order valence-corrected chi connectivity index (χ0v) is 37.2. The summed E-state index contributed by atoms with van der Waals surface area (Å²) >= 11 is 0. The molecule has 0 amide bonds. The first-order valence-corrected chi connectivity index (χ1v) is 20.3. The summed E-state index contributed by atoms with van der Waals surface area (Å²) in [6, 6.07) is 16.1. The minimum absolute atomic E-state index is 0.0764. The lowest BCUT2D eigenvalue weighted by Crippen LogP contribution is -2.17. The van der Waals surface area contributed by atoms with E-state index in [0.29, 0.717) is 44.9 Å². The summed E-state index contributed by atoms with van der Waals surface area (Å²) in [5, 5.41) is 23.9. The molecule has 0 radical (unpaired) electrons. The molecule has 1 aliphatic rings. The molecule has 0 fully saturated rings. The third-order valence-electron chi connectivity index (χ3n) is 10.8. The normalized spacial score (nSPS) is 14.4. The van der Waals surface area contributed by atoms with Gasteiger partial charge >= 0.3 is 11.9 Å². The van der Waals surface area contributed by atoms with Crippen molar-refractivity contribution in [3.05, 3.63) is 115 Å². The van der Waals surface area contributed by atoms with E-state index in [4.69, 9.17) is 18.9 Å². The van der Waals surface area contributed by atoms with E-state index in [1.54, 1.807) is 0 Å². The van der Waals surface area contributed by atoms with Gasteiger partial charge in [-0.1, -0.05) is 107 Å². The van der Waals surface area contributed by atoms with Crippen LogP contribution >= 0.6 is 0 Å². The summed E-state index contributed by atoms with van der Waals surface area (Å²) in [5.41, 5.74) is 8.43. The number of esters is 2. The fraction of sp³-hybridized carbons (Fsp3) is 0.480. The molecule has 4 aromatic rings. The topological polar surface area (TPSA) is 112 Å². The maximum atomic E-state index is 12.7. The molecule has 8 heteroatoms. The maximum Gasteiger partial charge on any atom is 0.308 e. The molecular weight excluding hydrogens is 729 g/mol. The number of phenols is 2. The van der Waals surface area contributed by atoms with E-state index in [-0.39, 0.29) is 72.4 Å². The predicted octanol–water partition coefficient (Wildman–Crippen LogP) is 11.1. The summed E-state index contributed by atoms with van der Waals surface area (Å²) in [7, 11) is 0. The van der Waals surface area contributed by atoms with Crippen LogP contribution in [-0.2, 0) is 80.0 Å². The Kier molecular flexibility index (Phi) is 12.7. The Morgan fingerprint density at radius 3 is 0.948 bits per heavy atom. The Bertz CT molecular complexity index is 2040. The summed E-state index contributed by atoms with van der Waals surface area (Å²) in [4.78, 5) is 25.4. The standard InChI is InChI=1S/C50H64O8/c1-29(51)57-45-33-15-31-17-39(47(3,4)5)22-36(43(31)53)26-56-28-38-24-42(50(12,13)14)20-34(46(38)58-30(2)52)16-32-18-40(48(6,7)8)21-35(44(32)54)25-55-27-37(45)23-41(19-33)49(9,10)11/h17-24,53-54H,15-16,25-28H2,1-14H3. The number of hydrogen-bond acceptors (Lipinski definition) is 8. The van der Waals surface area contributed by atoms with Crippen molar-refractivity contribution in [3.8, 4) is 23.0 Å². The molecule has 2 N–H and O–H groups in total. The van der Waals surface area contributed by atoms with Gasteiger partial charge in [-0.25, -0.2) is 0 Å². The lowest BCUT2D eigenvalue weighted by molar-refractivity contribution is -0.133. The average Bonchev–Trinajstić information content (AvgIpc) is 3.07. The van der Waals surface area contributed by atoms with E-state index >= 15 is 0 Å². The number of benzene rings is 4. The van der Waals surface area contributed by atoms with Gasteiger partial charge in [0, 0.05) is 60.1 Å². The Labute approximate surface area is 345 Å². The molecule has 0 unspecified atom stereocenters. The highest BCUT2D eigenvalue weighted by Crippen LogP contribution is 2.41. The molecule has 0 atom stereocenters. The lowest BCUT2D eigenvalue weighted by Gasteiger charge is -2.26. The highest BCUT2D eigenvalue weighted by molar-refractivity contribution is 5.72. The molecule has 0 saturated heterocycles. The molecule has 0 spiro atoms. The lowest BCUT2D eigenvalue weighted by atomic mass is 9.82. The molecule has 8 bridgehead atoms. The summed E-state index contributed by atoms with van der Waals surface area (Å²) in [5.74, 6) is 0.0633. The molecule has 5 rings (SSSR count). The van der Waals surface area contributed by atoms with Crippen molar-refractivity contribution in [1.29, 1.82) is 0 Å². The number of hydrogen-bond donors (Lipinski definition) is 2. The second kappa shape index (κ2) is 16.5. The van der Waals surface area contributed by atoms with E-state index in [0.717, 1.165) is 33.4 Å². The monoisotopic (exact) mass is 792 g/mol. The van der Waals surface area contributed by atoms with Crippen LogP contribution < -0.4 is 9.47 Å². The van der Waals surface area contributed by atoms with Crippen LogP contribution in [0.2, 0.25) is 0 Å². The zero-order valence-electron chi connectivity index (χ0n) is 37.2. The maximum absolute atomic E-state index is 12.7. The Balaban J connectivity index is 1.80. The van der Waals surface area contributed by atoms with Crippen molar-refractivity contribution in [2.75, 3.05) is 0 Å². The van der Waals surface area contributed by atoms with Crippen molar-refractivity contribution < 1.29 is 38.7 Å². The van der Waals surface area contributed by atoms with Crippen LogP contribution in [0, 0.1) is 0 Å². The fourth-order valence-electron chi connectivity index (χ4n) is 7.23. The summed E-state index contributed by atoms with van der Waals surface area (Å²) in [6.45, 7) is 28.6. The Hall–Kier alpha value is -4.66. The van der Waals surface area contributed by atoms with E-state index in [2.05, 4.69) is 83.1 Å². The van der Waals surface area contributed by atoms with E-state index < -0.39 is 11.9 Å². The van der Waals surface area contributed by atoms with E-state index in [1.165, 1.54) is 13.8 Å². The van der Waals surface area contributed by atoms with Crippen LogP contribution in [0.5, 0.6) is 23.0 Å². The van der Waals surface area contributed by atoms with Crippen molar-refractivity contribution in [2.45, 2.75) is 158 Å². The molecule has 1 heterocycles. The quantitative estimate of drug-likeness (QED) is 0.152. The summed E-state index contributed by atoms with van der Waals surface area (Å²) < 4.78 is 24.9. The van der Waals surface area contributed by atoms with Crippen molar-refractivity contribution >= 4 is 11.9 Å². The number of carbonyl (C=O) groups excluding carboxylic acids is 2. The molecule has 1 aliphatic heterocycles. The minimum atomic E-state index is -0.465. The number of rotatable bonds is 2. The van der Waals surface area contributed by atoms with E-state index in [1.807, 2.05) is 48.5 Å². The Morgan fingerprint density at radius 1 is 0.431 bits per heavy atom. The first kappa shape index (κ1) is 44.4. The van der Waals surface area contributed by atoms with Gasteiger partial charge in [-0.05, 0) is 79.3 Å². The van der Waals surface area contributed by atoms with Crippen LogP contribution in [0.3, 0.4) is 0 Å². The SMILES string of the molecule is CC(=O)Oc1c2cc(C(C)(C)C)cc1Cc1cc(C(C)(C)C)cc(c1O)COCc1cc(C(C)(C)C)cc(c1OC(C)=O)Cc1cc(C(C)(C)C)cc(c1O)COC2. The van der Waals surface area contributed by atoms with Crippen LogP contribution in [0.15, 0.2) is 48.5 Å². The number of phenolic OH excluding ortho intramolecular Hbond substituents is 2. The van der Waals surface area contributed by atoms with Gasteiger partial charge < -0.3 is 29.2 Å². The third kappa shape index (κ3) is 10.5. The third-order valence-corrected chi connectivity index (χ3v) is 10.8. The molecule has 0 saturated carbocycles. The van der Waals surface area contributed by atoms with Gasteiger partial charge in [0.1, 0.15) is 23.0 Å². The first-order valence-electron chi connectivity index (χ1n) is 20.3. The van der Waals surface area contributed by atoms with Gasteiger partial charge in [0.15, 0.2) is 0 Å². The number of ether oxygens (including phenoxy) is 4. The van der Waals surface area contributed by atoms with Crippen LogP contribution in [0.1, 0.15) is 164 Å². The smallest absolute Gasteiger partial charge is 0.308 e. The summed E-state index contributed by atoms with van der Waals surface area (Å²) in [6.07, 6.45) is 0.543. The van der Waals surface area contributed by atoms with Crippen molar-refractivity contribution in [2.24, 2.45) is 0 Å². The number of fused-ring (bicyclic) bond motifs is 8. The molecule has 0 aromatic heterocycles. The van der Waals surface area contributed by atoms with Gasteiger partial charge in [0.05, 0.1) is 26.4 Å². The second-order valence-corrected chi connectivity index (χ2v) is 20.1. The van der Waals surface area contributed by atoms with Crippen molar-refractivity contribution in [3.63, 3.8) is 0 Å². The molecule has 58 heavy (non-hydrogen) atoms. The van der Waals surface area contributed by atoms with Crippen molar-refractivity contribution in [1.82, 2.24) is 0 Å². The molecule has 0 aliphatic carbocycles. The fourth-order valence-corrected chi connectivity index (χ4v) is 7.23. The number of carbonyl (C=O) groups is 2. The minimum Gasteiger partial charge on any atom is -0.507 e. The molecule has 4 aromatic carbocycles. The molecule has 312 valence electrons. The molecular formula is C50H64O8. The zero-order chi connectivity index (χ0) is 43.1. The first-order chi connectivity index (χ1) is 26.7. The second-order valence-electron chi connectivity index (χ2n) is 20.1. The molecule has 8 nitrogen and oxygen atoms in total. The average molecular weight is 793 g/mol. The predicted molar refractivity (Wildman–Crippen MR) is 229 cm³/mol. The van der Waals surface area contributed by atoms with Gasteiger partial charge in [-0.15, -0.1) is 0 Å². The van der Waals surface area contributed by atoms with Gasteiger partial charge in [0.2, 0.25) is 0 Å². The highest BCUT2D eigenvalue weighted by atomic mass is 16.5. The van der Waals surface area contributed by atoms with E-state index in [9.17, 15) is 19.8 Å².